The van der Waals surface area contributed by atoms with E-state index in [0.29, 0.717) is 0 Å². The van der Waals surface area contributed by atoms with Crippen molar-refractivity contribution in [2.24, 2.45) is 0 Å². The summed E-state index contributed by atoms with van der Waals surface area (Å²) in [6, 6.07) is 7.87. The van der Waals surface area contributed by atoms with Gasteiger partial charge in [-0.2, -0.15) is 0 Å². The fourth-order valence-electron chi connectivity index (χ4n) is 1.87. The van der Waals surface area contributed by atoms with E-state index in [1.807, 2.05) is 12.1 Å². The summed E-state index contributed by atoms with van der Waals surface area (Å²) in [7, 11) is 1.71. The molecule has 1 rings (SSSR count). The Bertz CT molecular complexity index is 359. The Balaban J connectivity index is 2.85. The van der Waals surface area contributed by atoms with E-state index >= 15 is 0 Å². The summed E-state index contributed by atoms with van der Waals surface area (Å²) in [5, 5.41) is 9.38. The number of amides is 1. The molecule has 0 aliphatic heterocycles. The van der Waals surface area contributed by atoms with E-state index in [2.05, 4.69) is 19.1 Å². The van der Waals surface area contributed by atoms with Gasteiger partial charge in [-0.05, 0) is 17.5 Å². The van der Waals surface area contributed by atoms with Gasteiger partial charge in [0.1, 0.15) is 0 Å². The highest BCUT2D eigenvalue weighted by atomic mass is 16.3. The maximum atomic E-state index is 11.3. The topological polar surface area (TPSA) is 40.5 Å². The van der Waals surface area contributed by atoms with Gasteiger partial charge in [0, 0.05) is 14.0 Å². The monoisotopic (exact) mass is 235 g/mol. The van der Waals surface area contributed by atoms with Gasteiger partial charge < -0.3 is 10.0 Å². The van der Waals surface area contributed by atoms with Gasteiger partial charge in [0.05, 0.1) is 12.6 Å². The number of likely N-dealkylation sites (N-methyl/N-ethyl adjacent to an activating group) is 1. The van der Waals surface area contributed by atoms with Crippen LogP contribution in [0.2, 0.25) is 0 Å². The first kappa shape index (κ1) is 13.7. The predicted molar refractivity (Wildman–Crippen MR) is 68.7 cm³/mol. The zero-order valence-corrected chi connectivity index (χ0v) is 10.8. The molecular weight excluding hydrogens is 214 g/mol. The Morgan fingerprint density at radius 3 is 2.35 bits per heavy atom. The van der Waals surface area contributed by atoms with Crippen LogP contribution in [0.15, 0.2) is 24.3 Å². The highest BCUT2D eigenvalue weighted by Gasteiger charge is 2.17. The van der Waals surface area contributed by atoms with Crippen LogP contribution in [0, 0.1) is 0 Å². The fraction of sp³-hybridized carbons (Fsp3) is 0.500. The Labute approximate surface area is 103 Å². The van der Waals surface area contributed by atoms with E-state index in [1.54, 1.807) is 11.9 Å². The van der Waals surface area contributed by atoms with Crippen molar-refractivity contribution in [1.29, 1.82) is 0 Å². The average molecular weight is 235 g/mol. The second-order valence-corrected chi connectivity index (χ2v) is 4.32. The number of carbonyl (C=O) groups excluding carboxylic acids is 1. The van der Waals surface area contributed by atoms with Crippen LogP contribution in [0.1, 0.15) is 37.4 Å². The molecular formula is C14H21NO2. The lowest BCUT2D eigenvalue weighted by Gasteiger charge is -2.26. The number of benzene rings is 1. The lowest BCUT2D eigenvalue weighted by Crippen LogP contribution is -2.31. The van der Waals surface area contributed by atoms with Crippen LogP contribution >= 0.6 is 0 Å². The average Bonchev–Trinajstić information content (AvgIpc) is 2.32. The van der Waals surface area contributed by atoms with Crippen molar-refractivity contribution in [2.75, 3.05) is 13.7 Å². The highest BCUT2D eigenvalue weighted by Crippen LogP contribution is 2.19. The molecule has 0 heterocycles. The lowest BCUT2D eigenvalue weighted by molar-refractivity contribution is -0.130. The zero-order chi connectivity index (χ0) is 12.8. The van der Waals surface area contributed by atoms with E-state index in [1.165, 1.54) is 12.5 Å². The Hall–Kier alpha value is -1.35. The van der Waals surface area contributed by atoms with Gasteiger partial charge in [-0.25, -0.2) is 0 Å². The Kier molecular flexibility index (Phi) is 5.16. The van der Waals surface area contributed by atoms with E-state index in [0.717, 1.165) is 18.4 Å². The standard InChI is InChI=1S/C14H21NO2/c1-4-5-12-6-8-13(9-7-12)14(10-16)15(3)11(2)17/h6-9,14,16H,4-5,10H2,1-3H3. The molecule has 1 atom stereocenters. The number of aliphatic hydroxyl groups excluding tert-OH is 1. The summed E-state index contributed by atoms with van der Waals surface area (Å²) in [4.78, 5) is 12.9. The van der Waals surface area contributed by atoms with Gasteiger partial charge in [-0.3, -0.25) is 4.79 Å². The molecule has 17 heavy (non-hydrogen) atoms. The molecule has 0 radical (unpaired) electrons. The largest absolute Gasteiger partial charge is 0.394 e. The van der Waals surface area contributed by atoms with Crippen molar-refractivity contribution in [1.82, 2.24) is 4.90 Å². The van der Waals surface area contributed by atoms with Crippen molar-refractivity contribution < 1.29 is 9.90 Å². The highest BCUT2D eigenvalue weighted by molar-refractivity contribution is 5.73. The van der Waals surface area contributed by atoms with E-state index in [4.69, 9.17) is 0 Å². The minimum Gasteiger partial charge on any atom is -0.394 e. The first-order valence-corrected chi connectivity index (χ1v) is 6.03. The molecule has 0 aliphatic rings. The number of carbonyl (C=O) groups is 1. The minimum absolute atomic E-state index is 0.0401. The molecule has 0 saturated heterocycles. The predicted octanol–water partition coefficient (Wildman–Crippen LogP) is 2.15. The first-order chi connectivity index (χ1) is 8.10. The quantitative estimate of drug-likeness (QED) is 0.849. The molecule has 0 fully saturated rings. The van der Waals surface area contributed by atoms with Crippen molar-refractivity contribution in [2.45, 2.75) is 32.7 Å². The second-order valence-electron chi connectivity index (χ2n) is 4.32. The van der Waals surface area contributed by atoms with Crippen LogP contribution in [0.3, 0.4) is 0 Å². The van der Waals surface area contributed by atoms with Crippen molar-refractivity contribution in [3.63, 3.8) is 0 Å². The van der Waals surface area contributed by atoms with Crippen LogP contribution in [0.4, 0.5) is 0 Å². The van der Waals surface area contributed by atoms with Gasteiger partial charge in [0.2, 0.25) is 5.91 Å². The van der Waals surface area contributed by atoms with Gasteiger partial charge in [-0.15, -0.1) is 0 Å². The fourth-order valence-corrected chi connectivity index (χ4v) is 1.87. The molecule has 0 spiro atoms. The molecule has 3 nitrogen and oxygen atoms in total. The van der Waals surface area contributed by atoms with Gasteiger partial charge in [0.15, 0.2) is 0 Å². The SMILES string of the molecule is CCCc1ccc(C(CO)N(C)C(C)=O)cc1. The first-order valence-electron chi connectivity index (χ1n) is 6.03. The number of aryl methyl sites for hydroxylation is 1. The number of aliphatic hydroxyl groups is 1. The smallest absolute Gasteiger partial charge is 0.219 e. The van der Waals surface area contributed by atoms with Gasteiger partial charge in [-0.1, -0.05) is 37.6 Å². The molecule has 1 aromatic rings. The minimum atomic E-state index is -0.247. The molecule has 0 bridgehead atoms. The molecule has 1 amide bonds. The summed E-state index contributed by atoms with van der Waals surface area (Å²) in [6.07, 6.45) is 2.18. The van der Waals surface area contributed by atoms with E-state index in [-0.39, 0.29) is 18.6 Å². The zero-order valence-electron chi connectivity index (χ0n) is 10.8. The normalized spacial score (nSPS) is 12.2. The Morgan fingerprint density at radius 1 is 1.35 bits per heavy atom. The van der Waals surface area contributed by atoms with Gasteiger partial charge >= 0.3 is 0 Å². The number of hydrogen-bond acceptors (Lipinski definition) is 2. The van der Waals surface area contributed by atoms with Crippen molar-refractivity contribution in [3.8, 4) is 0 Å². The number of rotatable bonds is 5. The lowest BCUT2D eigenvalue weighted by atomic mass is 10.0. The summed E-state index contributed by atoms with van der Waals surface area (Å²) >= 11 is 0. The van der Waals surface area contributed by atoms with Crippen LogP contribution in [-0.2, 0) is 11.2 Å². The van der Waals surface area contributed by atoms with Crippen LogP contribution in [-0.4, -0.2) is 29.6 Å². The summed E-state index contributed by atoms with van der Waals surface area (Å²) in [5.41, 5.74) is 2.27. The number of nitrogens with zero attached hydrogens (tertiary/aromatic N) is 1. The van der Waals surface area contributed by atoms with Crippen LogP contribution in [0.5, 0.6) is 0 Å². The molecule has 0 aliphatic carbocycles. The maximum Gasteiger partial charge on any atom is 0.219 e. The molecule has 3 heteroatoms. The molecule has 1 unspecified atom stereocenters. The molecule has 1 aromatic carbocycles. The van der Waals surface area contributed by atoms with Gasteiger partial charge in [0.25, 0.3) is 0 Å². The van der Waals surface area contributed by atoms with E-state index in [9.17, 15) is 9.90 Å². The van der Waals surface area contributed by atoms with Crippen molar-refractivity contribution in [3.05, 3.63) is 35.4 Å². The molecule has 1 N–H and O–H groups in total. The van der Waals surface area contributed by atoms with E-state index < -0.39 is 0 Å². The molecule has 0 aromatic heterocycles. The number of hydrogen-bond donors (Lipinski definition) is 1. The summed E-state index contributed by atoms with van der Waals surface area (Å²) in [5.74, 6) is -0.0401. The molecule has 0 saturated carbocycles. The second kappa shape index (κ2) is 6.40. The third kappa shape index (κ3) is 3.56. The van der Waals surface area contributed by atoms with Crippen molar-refractivity contribution >= 4 is 5.91 Å². The third-order valence-electron chi connectivity index (χ3n) is 3.04. The Morgan fingerprint density at radius 2 is 1.94 bits per heavy atom. The summed E-state index contributed by atoms with van der Waals surface area (Å²) in [6.45, 7) is 3.60. The maximum absolute atomic E-state index is 11.3. The molecule has 94 valence electrons. The third-order valence-corrected chi connectivity index (χ3v) is 3.04. The summed E-state index contributed by atoms with van der Waals surface area (Å²) < 4.78 is 0. The van der Waals surface area contributed by atoms with Crippen LogP contribution < -0.4 is 0 Å². The van der Waals surface area contributed by atoms with Crippen LogP contribution in [0.25, 0.3) is 0 Å².